The minimum Gasteiger partial charge on any atom is -0.396 e. The van der Waals surface area contributed by atoms with Gasteiger partial charge >= 0.3 is 0 Å². The SMILES string of the molecule is CC(CCO)CNCc1cccc(-c2ccncc2)c1. The van der Waals surface area contributed by atoms with E-state index in [0.29, 0.717) is 5.92 Å². The van der Waals surface area contributed by atoms with Crippen molar-refractivity contribution in [2.45, 2.75) is 19.9 Å². The number of hydrogen-bond donors (Lipinski definition) is 2. The van der Waals surface area contributed by atoms with Crippen molar-refractivity contribution in [3.63, 3.8) is 0 Å². The second-order valence-electron chi connectivity index (χ2n) is 5.18. The van der Waals surface area contributed by atoms with Gasteiger partial charge in [-0.3, -0.25) is 4.98 Å². The fraction of sp³-hybridized carbons (Fsp3) is 0.353. The molecule has 0 aliphatic rings. The van der Waals surface area contributed by atoms with Crippen LogP contribution in [0.5, 0.6) is 0 Å². The molecule has 0 spiro atoms. The van der Waals surface area contributed by atoms with Gasteiger partial charge in [0.25, 0.3) is 0 Å². The summed E-state index contributed by atoms with van der Waals surface area (Å²) < 4.78 is 0. The Morgan fingerprint density at radius 2 is 1.95 bits per heavy atom. The maximum Gasteiger partial charge on any atom is 0.0434 e. The van der Waals surface area contributed by atoms with E-state index in [-0.39, 0.29) is 6.61 Å². The number of aliphatic hydroxyl groups is 1. The molecular formula is C17H22N2O. The van der Waals surface area contributed by atoms with Crippen LogP contribution >= 0.6 is 0 Å². The van der Waals surface area contributed by atoms with Crippen LogP contribution in [0.2, 0.25) is 0 Å². The average Bonchev–Trinajstić information content (AvgIpc) is 2.49. The van der Waals surface area contributed by atoms with Crippen molar-refractivity contribution in [1.82, 2.24) is 10.3 Å². The van der Waals surface area contributed by atoms with Crippen molar-refractivity contribution in [2.75, 3.05) is 13.2 Å². The third-order valence-electron chi connectivity index (χ3n) is 3.38. The zero-order chi connectivity index (χ0) is 14.2. The van der Waals surface area contributed by atoms with Crippen LogP contribution in [0.1, 0.15) is 18.9 Å². The second-order valence-corrected chi connectivity index (χ2v) is 5.18. The molecule has 0 bridgehead atoms. The Bertz CT molecular complexity index is 513. The van der Waals surface area contributed by atoms with Crippen LogP contribution in [-0.4, -0.2) is 23.2 Å². The number of hydrogen-bond acceptors (Lipinski definition) is 3. The van der Waals surface area contributed by atoms with E-state index in [1.807, 2.05) is 24.5 Å². The van der Waals surface area contributed by atoms with Gasteiger partial charge in [-0.2, -0.15) is 0 Å². The van der Waals surface area contributed by atoms with Crippen LogP contribution in [0.4, 0.5) is 0 Å². The molecule has 106 valence electrons. The molecule has 1 aromatic heterocycles. The van der Waals surface area contributed by atoms with Crippen molar-refractivity contribution < 1.29 is 5.11 Å². The molecule has 3 nitrogen and oxygen atoms in total. The number of benzene rings is 1. The lowest BCUT2D eigenvalue weighted by molar-refractivity contribution is 0.260. The number of aromatic nitrogens is 1. The maximum atomic E-state index is 8.88. The van der Waals surface area contributed by atoms with Crippen molar-refractivity contribution in [3.8, 4) is 11.1 Å². The predicted octanol–water partition coefficient (Wildman–Crippen LogP) is 2.86. The highest BCUT2D eigenvalue weighted by molar-refractivity contribution is 5.63. The lowest BCUT2D eigenvalue weighted by atomic mass is 10.0. The Kier molecular flexibility index (Phi) is 5.71. The standard InChI is InChI=1S/C17H22N2O/c1-14(7-10-20)12-19-13-15-3-2-4-17(11-15)16-5-8-18-9-6-16/h2-6,8-9,11,14,19-20H,7,10,12-13H2,1H3. The van der Waals surface area contributed by atoms with E-state index in [1.54, 1.807) is 0 Å². The van der Waals surface area contributed by atoms with Gasteiger partial charge in [0.05, 0.1) is 0 Å². The molecule has 2 N–H and O–H groups in total. The topological polar surface area (TPSA) is 45.1 Å². The van der Waals surface area contributed by atoms with Crippen LogP contribution in [0.3, 0.4) is 0 Å². The average molecular weight is 270 g/mol. The highest BCUT2D eigenvalue weighted by Gasteiger charge is 2.02. The number of nitrogens with one attached hydrogen (secondary N) is 1. The summed E-state index contributed by atoms with van der Waals surface area (Å²) in [6.07, 6.45) is 4.48. The summed E-state index contributed by atoms with van der Waals surface area (Å²) in [7, 11) is 0. The molecular weight excluding hydrogens is 248 g/mol. The smallest absolute Gasteiger partial charge is 0.0434 e. The molecule has 2 rings (SSSR count). The minimum absolute atomic E-state index is 0.264. The van der Waals surface area contributed by atoms with Crippen molar-refractivity contribution in [1.29, 1.82) is 0 Å². The van der Waals surface area contributed by atoms with Crippen LogP contribution in [-0.2, 0) is 6.54 Å². The van der Waals surface area contributed by atoms with E-state index >= 15 is 0 Å². The molecule has 0 saturated heterocycles. The third kappa shape index (κ3) is 4.44. The maximum absolute atomic E-state index is 8.88. The first kappa shape index (κ1) is 14.7. The lowest BCUT2D eigenvalue weighted by Gasteiger charge is -2.11. The van der Waals surface area contributed by atoms with Gasteiger partial charge in [-0.15, -0.1) is 0 Å². The molecule has 20 heavy (non-hydrogen) atoms. The van der Waals surface area contributed by atoms with Gasteiger partial charge in [0.1, 0.15) is 0 Å². The first-order valence-corrected chi connectivity index (χ1v) is 7.10. The van der Waals surface area contributed by atoms with Crippen LogP contribution < -0.4 is 5.32 Å². The lowest BCUT2D eigenvalue weighted by Crippen LogP contribution is -2.21. The fourth-order valence-corrected chi connectivity index (χ4v) is 2.19. The Balaban J connectivity index is 1.93. The van der Waals surface area contributed by atoms with Gasteiger partial charge < -0.3 is 10.4 Å². The quantitative estimate of drug-likeness (QED) is 0.813. The molecule has 0 fully saturated rings. The van der Waals surface area contributed by atoms with E-state index in [2.05, 4.69) is 41.5 Å². The first-order chi connectivity index (χ1) is 9.79. The molecule has 0 aliphatic carbocycles. The molecule has 3 heteroatoms. The minimum atomic E-state index is 0.264. The number of aliphatic hydroxyl groups excluding tert-OH is 1. The molecule has 1 unspecified atom stereocenters. The summed E-state index contributed by atoms with van der Waals surface area (Å²) in [6.45, 7) is 4.20. The third-order valence-corrected chi connectivity index (χ3v) is 3.38. The van der Waals surface area contributed by atoms with Crippen molar-refractivity contribution >= 4 is 0 Å². The summed E-state index contributed by atoms with van der Waals surface area (Å²) in [5, 5.41) is 12.3. The summed E-state index contributed by atoms with van der Waals surface area (Å²) >= 11 is 0. The Morgan fingerprint density at radius 1 is 1.15 bits per heavy atom. The van der Waals surface area contributed by atoms with Crippen molar-refractivity contribution in [2.24, 2.45) is 5.92 Å². The van der Waals surface area contributed by atoms with Crippen molar-refractivity contribution in [3.05, 3.63) is 54.4 Å². The van der Waals surface area contributed by atoms with Gasteiger partial charge in [0.15, 0.2) is 0 Å². The summed E-state index contributed by atoms with van der Waals surface area (Å²) in [6, 6.07) is 12.6. The molecule has 1 heterocycles. The normalized spacial score (nSPS) is 12.3. The van der Waals surface area contributed by atoms with E-state index < -0.39 is 0 Å². The molecule has 0 radical (unpaired) electrons. The number of nitrogens with zero attached hydrogens (tertiary/aromatic N) is 1. The Hall–Kier alpha value is -1.71. The van der Waals surface area contributed by atoms with E-state index in [9.17, 15) is 0 Å². The molecule has 2 aromatic rings. The fourth-order valence-electron chi connectivity index (χ4n) is 2.19. The Labute approximate surface area is 120 Å². The van der Waals surface area contributed by atoms with Gasteiger partial charge in [0, 0.05) is 25.5 Å². The highest BCUT2D eigenvalue weighted by atomic mass is 16.3. The largest absolute Gasteiger partial charge is 0.396 e. The number of pyridine rings is 1. The number of rotatable bonds is 7. The summed E-state index contributed by atoms with van der Waals surface area (Å²) in [5.74, 6) is 0.503. The van der Waals surface area contributed by atoms with Crippen LogP contribution in [0, 0.1) is 5.92 Å². The summed E-state index contributed by atoms with van der Waals surface area (Å²) in [5.41, 5.74) is 3.68. The second kappa shape index (κ2) is 7.78. The van der Waals surface area contributed by atoms with Gasteiger partial charge in [0.2, 0.25) is 0 Å². The van der Waals surface area contributed by atoms with E-state index in [4.69, 9.17) is 5.11 Å². The van der Waals surface area contributed by atoms with E-state index in [0.717, 1.165) is 19.5 Å². The van der Waals surface area contributed by atoms with E-state index in [1.165, 1.54) is 16.7 Å². The molecule has 1 aromatic carbocycles. The van der Waals surface area contributed by atoms with Crippen LogP contribution in [0.15, 0.2) is 48.8 Å². The summed E-state index contributed by atoms with van der Waals surface area (Å²) in [4.78, 5) is 4.05. The Morgan fingerprint density at radius 3 is 2.70 bits per heavy atom. The molecule has 0 aliphatic heterocycles. The molecule has 0 saturated carbocycles. The first-order valence-electron chi connectivity index (χ1n) is 7.10. The van der Waals surface area contributed by atoms with Crippen LogP contribution in [0.25, 0.3) is 11.1 Å². The van der Waals surface area contributed by atoms with Gasteiger partial charge in [-0.25, -0.2) is 0 Å². The highest BCUT2D eigenvalue weighted by Crippen LogP contribution is 2.19. The predicted molar refractivity (Wildman–Crippen MR) is 82.2 cm³/mol. The monoisotopic (exact) mass is 270 g/mol. The zero-order valence-electron chi connectivity index (χ0n) is 11.9. The van der Waals surface area contributed by atoms with Gasteiger partial charge in [-0.1, -0.05) is 25.1 Å². The van der Waals surface area contributed by atoms with Gasteiger partial charge in [-0.05, 0) is 53.8 Å². The molecule has 0 amide bonds. The zero-order valence-corrected chi connectivity index (χ0v) is 11.9. The molecule has 1 atom stereocenters.